The maximum Gasteiger partial charge on any atom is 0.511 e. The number of halogens is 1. The molecule has 31 nitrogen and oxygen atoms in total. The third-order valence-corrected chi connectivity index (χ3v) is 17.6. The van der Waals surface area contributed by atoms with Gasteiger partial charge in [0, 0.05) is 112 Å². The first-order chi connectivity index (χ1) is 44.1. The van der Waals surface area contributed by atoms with E-state index in [1.165, 1.54) is 79.2 Å². The van der Waals surface area contributed by atoms with E-state index in [-0.39, 0.29) is 91.1 Å². The highest BCUT2D eigenvalue weighted by molar-refractivity contribution is 7.91. The second-order valence-corrected chi connectivity index (χ2v) is 29.3. The standard InChI is InChI=1S/C20H26N2O9S.C16H17N3O5S.C14H13ClO5S.C10H19N5O2/c1-12-14(7-8-16(32(6,25)26)18(12)29-10-9-27-4)17(23)15-11-21-22(3)19(15)30-13(2)31-20(24)28-5;1-9-10(15(20)11-8-17-19(2)16(11)21)4-5-13(25(3,22)23)14(9)12-6-7-24-18-12;1-21(19,20)8-5-6-9(10(15)7-8)14(18)13-11(16)3-2-4-12(13)17;1-6(2)7-13-15(9(17)14(7)11)8(16)12-10(3,4)5/h7-8,11,13H,9-10H2,1-6H3;4-5,8,17H,6-7H2,1-3H3;5-7,13H,2-4H2,1H3;6H,11H2,1-5H3,(H,12,16). The summed E-state index contributed by atoms with van der Waals surface area (Å²) >= 11 is 5.94. The first-order valence-corrected chi connectivity index (χ1v) is 34.8. The second-order valence-electron chi connectivity index (χ2n) is 22.9. The highest BCUT2D eigenvalue weighted by Gasteiger charge is 2.38. The molecule has 1 aliphatic carbocycles. The number of nitrogen functional groups attached to an aromatic ring is 1. The summed E-state index contributed by atoms with van der Waals surface area (Å²) in [5.74, 6) is 2.30. The van der Waals surface area contributed by atoms with Crippen molar-refractivity contribution >= 4 is 87.9 Å². The molecule has 516 valence electrons. The number of H-pyrrole nitrogens is 1. The van der Waals surface area contributed by atoms with Crippen molar-refractivity contribution in [2.75, 3.05) is 58.7 Å². The van der Waals surface area contributed by atoms with E-state index in [1.54, 1.807) is 20.9 Å². The van der Waals surface area contributed by atoms with Gasteiger partial charge in [0.25, 0.3) is 5.56 Å². The molecular formula is C60H75ClN10O21S3. The van der Waals surface area contributed by atoms with Crippen LogP contribution in [-0.4, -0.2) is 171 Å². The van der Waals surface area contributed by atoms with Crippen LogP contribution < -0.4 is 31.9 Å². The number of carbonyl (C=O) groups excluding carboxylic acids is 7. The molecule has 4 heterocycles. The SMILES string of the molecule is CC(C)c1nn(C(=O)NC(C)(C)C)c(=O)n1N.COCCOc1c(S(C)(=O)=O)ccc(C(=O)c2cnn(C)c2OC(C)OC(=O)OC)c1C.CS(=O)(=O)c1ccc(C(=O)C2C(=O)CCCC2=O)c(Cl)c1.Cc1c(C(=O)c2c[nH]n(C)c2=O)ccc(S(C)(=O)=O)c1C1=NOCC1. The number of rotatable bonds is 18. The van der Waals surface area contributed by atoms with Crippen molar-refractivity contribution in [2.24, 2.45) is 25.2 Å². The van der Waals surface area contributed by atoms with Crippen LogP contribution >= 0.6 is 11.6 Å². The Hall–Kier alpha value is -9.12. The van der Waals surface area contributed by atoms with E-state index < -0.39 is 99.6 Å². The molecule has 1 saturated carbocycles. The lowest BCUT2D eigenvalue weighted by Crippen LogP contribution is -2.47. The highest BCUT2D eigenvalue weighted by atomic mass is 35.5. The van der Waals surface area contributed by atoms with Gasteiger partial charge in [-0.05, 0) is 89.1 Å². The minimum Gasteiger partial charge on any atom is -0.490 e. The molecule has 1 aliphatic heterocycles. The van der Waals surface area contributed by atoms with Crippen LogP contribution in [0.4, 0.5) is 9.59 Å². The van der Waals surface area contributed by atoms with Gasteiger partial charge in [0.15, 0.2) is 64.3 Å². The van der Waals surface area contributed by atoms with Crippen molar-refractivity contribution in [3.05, 3.63) is 131 Å². The van der Waals surface area contributed by atoms with Gasteiger partial charge >= 0.3 is 17.9 Å². The number of ether oxygens (including phenoxy) is 5. The number of nitrogens with zero attached hydrogens (tertiary/aromatic N) is 7. The van der Waals surface area contributed by atoms with Crippen LogP contribution in [0.5, 0.6) is 11.6 Å². The van der Waals surface area contributed by atoms with Crippen LogP contribution in [0.1, 0.15) is 138 Å². The normalized spacial score (nSPS) is 13.8. The van der Waals surface area contributed by atoms with E-state index in [0.29, 0.717) is 47.7 Å². The minimum atomic E-state index is -3.61. The molecule has 0 saturated heterocycles. The molecule has 1 atom stereocenters. The molecular weight excluding hydrogens is 1330 g/mol. The van der Waals surface area contributed by atoms with Crippen molar-refractivity contribution in [1.82, 2.24) is 39.3 Å². The smallest absolute Gasteiger partial charge is 0.490 e. The number of aromatic nitrogens is 7. The van der Waals surface area contributed by atoms with Crippen molar-refractivity contribution in [3.8, 4) is 11.6 Å². The number of hydrogen-bond acceptors (Lipinski definition) is 25. The Morgan fingerprint density at radius 3 is 1.86 bits per heavy atom. The van der Waals surface area contributed by atoms with Gasteiger partial charge in [-0.3, -0.25) is 33.4 Å². The van der Waals surface area contributed by atoms with Gasteiger partial charge < -0.3 is 44.8 Å². The molecule has 0 radical (unpaired) electrons. The van der Waals surface area contributed by atoms with Gasteiger partial charge in [-0.25, -0.2) is 44.3 Å². The first kappa shape index (κ1) is 76.6. The summed E-state index contributed by atoms with van der Waals surface area (Å²) < 4.78 is 101. The van der Waals surface area contributed by atoms with Gasteiger partial charge in [0.1, 0.15) is 40.9 Å². The number of aryl methyl sites for hydroxylation is 2. The zero-order chi connectivity index (χ0) is 71.6. The summed E-state index contributed by atoms with van der Waals surface area (Å²) in [6.07, 6.45) is 5.12. The third-order valence-electron chi connectivity index (χ3n) is 13.9. The Labute approximate surface area is 551 Å². The summed E-state index contributed by atoms with van der Waals surface area (Å²) in [6, 6.07) is 8.60. The summed E-state index contributed by atoms with van der Waals surface area (Å²) in [7, 11) is -4.88. The van der Waals surface area contributed by atoms with E-state index in [9.17, 15) is 68.4 Å². The summed E-state index contributed by atoms with van der Waals surface area (Å²) in [6.45, 7) is 14.5. The van der Waals surface area contributed by atoms with E-state index >= 15 is 0 Å². The number of oxime groups is 1. The molecule has 8 rings (SSSR count). The number of benzene rings is 3. The van der Waals surface area contributed by atoms with Crippen molar-refractivity contribution in [3.63, 3.8) is 0 Å². The van der Waals surface area contributed by atoms with Crippen molar-refractivity contribution in [1.29, 1.82) is 0 Å². The Morgan fingerprint density at radius 1 is 0.789 bits per heavy atom. The fourth-order valence-corrected chi connectivity index (χ4v) is 12.1. The summed E-state index contributed by atoms with van der Waals surface area (Å²) in [4.78, 5) is 114. The number of methoxy groups -OCH3 is 2. The molecule has 6 aromatic rings. The Kier molecular flexibility index (Phi) is 25.3. The fourth-order valence-electron chi connectivity index (χ4n) is 9.27. The van der Waals surface area contributed by atoms with Crippen LogP contribution in [0, 0.1) is 19.8 Å². The lowest BCUT2D eigenvalue weighted by molar-refractivity contribution is -0.133. The van der Waals surface area contributed by atoms with E-state index in [4.69, 9.17) is 41.2 Å². The Bertz CT molecular complexity index is 4460. The lowest BCUT2D eigenvalue weighted by Gasteiger charge is -2.19. The quantitative estimate of drug-likeness (QED) is 0.0260. The number of hydrogen-bond donors (Lipinski definition) is 3. The molecule has 0 spiro atoms. The molecule has 0 bridgehead atoms. The number of Topliss-reactive ketones (excluding diaryl/α,β-unsaturated/α-hetero) is 3. The maximum atomic E-state index is 13.3. The van der Waals surface area contributed by atoms with E-state index in [0.717, 1.165) is 41.3 Å². The van der Waals surface area contributed by atoms with Gasteiger partial charge in [-0.15, -0.1) is 9.78 Å². The molecule has 1 amide bonds. The molecule has 1 unspecified atom stereocenters. The Balaban J connectivity index is 0.000000235. The van der Waals surface area contributed by atoms with Crippen LogP contribution in [0.3, 0.4) is 0 Å². The number of aromatic amines is 1. The lowest BCUT2D eigenvalue weighted by atomic mass is 9.82. The molecule has 2 aliphatic rings. The number of sulfone groups is 3. The van der Waals surface area contributed by atoms with Crippen LogP contribution in [0.25, 0.3) is 0 Å². The minimum absolute atomic E-state index is 0.00216. The van der Waals surface area contributed by atoms with Gasteiger partial charge in [-0.1, -0.05) is 30.6 Å². The largest absolute Gasteiger partial charge is 0.511 e. The van der Waals surface area contributed by atoms with Crippen LogP contribution in [-0.2, 0) is 72.2 Å². The van der Waals surface area contributed by atoms with Crippen molar-refractivity contribution in [2.45, 2.75) is 114 Å². The van der Waals surface area contributed by atoms with E-state index in [2.05, 4.69) is 30.5 Å². The number of carbonyl (C=O) groups is 7. The van der Waals surface area contributed by atoms with Crippen LogP contribution in [0.15, 0.2) is 84.3 Å². The average Bonchev–Trinajstić information content (AvgIpc) is 1.67. The van der Waals surface area contributed by atoms with Crippen LogP contribution in [0.2, 0.25) is 5.02 Å². The average molecular weight is 1400 g/mol. The van der Waals surface area contributed by atoms with Gasteiger partial charge in [0.05, 0.1) is 40.4 Å². The molecule has 4 N–H and O–H groups in total. The third kappa shape index (κ3) is 19.1. The molecule has 35 heteroatoms. The first-order valence-electron chi connectivity index (χ1n) is 28.7. The summed E-state index contributed by atoms with van der Waals surface area (Å²) in [5, 5.41) is 17.1. The second kappa shape index (κ2) is 31.4. The number of nitrogens with one attached hydrogen (secondary N) is 2. The molecule has 1 fully saturated rings. The number of ketones is 5. The van der Waals surface area contributed by atoms with Gasteiger partial charge in [0.2, 0.25) is 12.2 Å². The molecule has 3 aromatic carbocycles. The monoisotopic (exact) mass is 1400 g/mol. The van der Waals surface area contributed by atoms with E-state index in [1.807, 2.05) is 34.6 Å². The predicted molar refractivity (Wildman–Crippen MR) is 343 cm³/mol. The zero-order valence-corrected chi connectivity index (χ0v) is 58.0. The summed E-state index contributed by atoms with van der Waals surface area (Å²) in [5.41, 5.74) is 0.660. The highest BCUT2D eigenvalue weighted by Crippen LogP contribution is 2.34. The van der Waals surface area contributed by atoms with Gasteiger partial charge in [-0.2, -0.15) is 9.77 Å². The molecule has 95 heavy (non-hydrogen) atoms. The van der Waals surface area contributed by atoms with Crippen molar-refractivity contribution < 1.29 is 87.3 Å². The topological polar surface area (TPSA) is 423 Å². The molecule has 3 aromatic heterocycles. The maximum absolute atomic E-state index is 13.3. The fraction of sp³-hybridized carbons (Fsp3) is 0.433. The Morgan fingerprint density at radius 2 is 1.37 bits per heavy atom. The number of nitrogens with two attached hydrogens (primary N) is 1. The zero-order valence-electron chi connectivity index (χ0n) is 54.8. The predicted octanol–water partition coefficient (Wildman–Crippen LogP) is 4.78. The number of amides is 1.